The van der Waals surface area contributed by atoms with Crippen molar-refractivity contribution >= 4 is 11.9 Å². The van der Waals surface area contributed by atoms with Crippen molar-refractivity contribution in [3.8, 4) is 0 Å². The van der Waals surface area contributed by atoms with Crippen LogP contribution in [-0.4, -0.2) is 56.2 Å². The Balaban J connectivity index is 4.18. The van der Waals surface area contributed by atoms with E-state index in [0.29, 0.717) is 64.1 Å². The van der Waals surface area contributed by atoms with Crippen LogP contribution in [0, 0.1) is 11.8 Å². The van der Waals surface area contributed by atoms with E-state index in [0.717, 1.165) is 25.7 Å². The Morgan fingerprint density at radius 2 is 1.20 bits per heavy atom. The van der Waals surface area contributed by atoms with Crippen LogP contribution in [0.5, 0.6) is 0 Å². The maximum atomic E-state index is 12.1. The highest BCUT2D eigenvalue weighted by Crippen LogP contribution is 2.14. The minimum atomic E-state index is -0.170. The number of nitrogens with two attached hydrogens (primary N) is 1. The lowest BCUT2D eigenvalue weighted by molar-refractivity contribution is -0.145. The summed E-state index contributed by atoms with van der Waals surface area (Å²) in [7, 11) is 0. The molecule has 30 heavy (non-hydrogen) atoms. The highest BCUT2D eigenvalue weighted by Gasteiger charge is 2.15. The molecule has 0 saturated heterocycles. The lowest BCUT2D eigenvalue weighted by atomic mass is 10.0. The Hall–Kier alpha value is -1.14. The van der Waals surface area contributed by atoms with Crippen LogP contribution in [0.4, 0.5) is 0 Å². The smallest absolute Gasteiger partial charge is 0.307 e. The van der Waals surface area contributed by atoms with Crippen LogP contribution in [0.25, 0.3) is 0 Å². The van der Waals surface area contributed by atoms with Crippen LogP contribution < -0.4 is 5.73 Å². The second-order valence-electron chi connectivity index (χ2n) is 8.33. The molecule has 0 heterocycles. The number of nitrogens with zero attached hydrogens (tertiary/aromatic N) is 1. The molecule has 2 atom stereocenters. The SMILES string of the molecule is CCCCC(CC)COC(=O)CCN(CCN)CCC(=O)OCC(CC)CCCC. The number of ether oxygens (including phenoxy) is 2. The van der Waals surface area contributed by atoms with Gasteiger partial charge in [0.25, 0.3) is 0 Å². The monoisotopic (exact) mass is 428 g/mol. The van der Waals surface area contributed by atoms with Gasteiger partial charge in [-0.05, 0) is 24.7 Å². The van der Waals surface area contributed by atoms with Gasteiger partial charge in [-0.1, -0.05) is 66.2 Å². The molecule has 6 heteroatoms. The molecule has 2 N–H and O–H groups in total. The summed E-state index contributed by atoms with van der Waals surface area (Å²) in [6.07, 6.45) is 9.62. The predicted octanol–water partition coefficient (Wildman–Crippen LogP) is 4.55. The molecule has 0 bridgehead atoms. The zero-order chi connectivity index (χ0) is 22.6. The first-order chi connectivity index (χ1) is 14.5. The maximum Gasteiger partial charge on any atom is 0.307 e. The van der Waals surface area contributed by atoms with E-state index < -0.39 is 0 Å². The van der Waals surface area contributed by atoms with Gasteiger partial charge in [-0.2, -0.15) is 0 Å². The Morgan fingerprint density at radius 3 is 1.53 bits per heavy atom. The number of unbranched alkanes of at least 4 members (excludes halogenated alkanes) is 2. The molecule has 0 aromatic rings. The van der Waals surface area contributed by atoms with E-state index in [1.165, 1.54) is 25.7 Å². The molecule has 0 aliphatic rings. The topological polar surface area (TPSA) is 81.9 Å². The molecule has 0 radical (unpaired) electrons. The molecule has 0 aromatic heterocycles. The van der Waals surface area contributed by atoms with Gasteiger partial charge >= 0.3 is 11.9 Å². The van der Waals surface area contributed by atoms with Crippen molar-refractivity contribution in [1.82, 2.24) is 4.90 Å². The summed E-state index contributed by atoms with van der Waals surface area (Å²) in [6.45, 7) is 11.9. The maximum absolute atomic E-state index is 12.1. The number of hydrogen-bond acceptors (Lipinski definition) is 6. The van der Waals surface area contributed by atoms with E-state index in [4.69, 9.17) is 15.2 Å². The fourth-order valence-corrected chi connectivity index (χ4v) is 3.38. The van der Waals surface area contributed by atoms with Gasteiger partial charge in [0, 0.05) is 26.2 Å². The van der Waals surface area contributed by atoms with Crippen molar-refractivity contribution in [2.24, 2.45) is 17.6 Å². The fraction of sp³-hybridized carbons (Fsp3) is 0.917. The van der Waals surface area contributed by atoms with Gasteiger partial charge in [-0.3, -0.25) is 9.59 Å². The van der Waals surface area contributed by atoms with Crippen molar-refractivity contribution in [3.05, 3.63) is 0 Å². The molecule has 6 nitrogen and oxygen atoms in total. The standard InChI is InChI=1S/C24H48N2O4/c1-5-9-11-21(7-3)19-29-23(27)13-16-26(18-15-25)17-14-24(28)30-20-22(8-4)12-10-6-2/h21-22H,5-20,25H2,1-4H3. The molecule has 0 aliphatic carbocycles. The zero-order valence-electron chi connectivity index (χ0n) is 20.1. The third-order valence-corrected chi connectivity index (χ3v) is 5.76. The minimum Gasteiger partial charge on any atom is -0.465 e. The Morgan fingerprint density at radius 1 is 0.767 bits per heavy atom. The lowest BCUT2D eigenvalue weighted by Gasteiger charge is -2.21. The number of rotatable bonds is 20. The molecule has 0 amide bonds. The van der Waals surface area contributed by atoms with Crippen molar-refractivity contribution in [3.63, 3.8) is 0 Å². The van der Waals surface area contributed by atoms with Crippen molar-refractivity contribution in [2.75, 3.05) is 39.4 Å². The number of esters is 2. The van der Waals surface area contributed by atoms with Crippen LogP contribution in [-0.2, 0) is 19.1 Å². The van der Waals surface area contributed by atoms with E-state index in [9.17, 15) is 9.59 Å². The predicted molar refractivity (Wildman–Crippen MR) is 123 cm³/mol. The second-order valence-corrected chi connectivity index (χ2v) is 8.33. The molecular weight excluding hydrogens is 380 g/mol. The summed E-state index contributed by atoms with van der Waals surface area (Å²) in [5.74, 6) is 0.564. The van der Waals surface area contributed by atoms with Gasteiger partial charge in [-0.25, -0.2) is 0 Å². The van der Waals surface area contributed by atoms with Crippen LogP contribution in [0.3, 0.4) is 0 Å². The minimum absolute atomic E-state index is 0.170. The summed E-state index contributed by atoms with van der Waals surface area (Å²) in [6, 6.07) is 0. The molecular formula is C24H48N2O4. The highest BCUT2D eigenvalue weighted by atomic mass is 16.5. The van der Waals surface area contributed by atoms with Crippen molar-refractivity contribution in [1.29, 1.82) is 0 Å². The fourth-order valence-electron chi connectivity index (χ4n) is 3.38. The first-order valence-corrected chi connectivity index (χ1v) is 12.2. The molecule has 0 saturated carbocycles. The van der Waals surface area contributed by atoms with Crippen LogP contribution >= 0.6 is 0 Å². The third kappa shape index (κ3) is 15.7. The van der Waals surface area contributed by atoms with Crippen LogP contribution in [0.15, 0.2) is 0 Å². The van der Waals surface area contributed by atoms with Crippen LogP contribution in [0.2, 0.25) is 0 Å². The van der Waals surface area contributed by atoms with Crippen LogP contribution in [0.1, 0.15) is 91.9 Å². The Bertz CT molecular complexity index is 395. The van der Waals surface area contributed by atoms with Crippen molar-refractivity contribution < 1.29 is 19.1 Å². The zero-order valence-corrected chi connectivity index (χ0v) is 20.1. The van der Waals surface area contributed by atoms with E-state index in [1.54, 1.807) is 0 Å². The highest BCUT2D eigenvalue weighted by molar-refractivity contribution is 5.70. The summed E-state index contributed by atoms with van der Waals surface area (Å²) in [5.41, 5.74) is 5.69. The molecule has 2 unspecified atom stereocenters. The summed E-state index contributed by atoms with van der Waals surface area (Å²) in [5, 5.41) is 0. The van der Waals surface area contributed by atoms with Gasteiger partial charge in [0.15, 0.2) is 0 Å². The van der Waals surface area contributed by atoms with Gasteiger partial charge in [0.1, 0.15) is 0 Å². The first-order valence-electron chi connectivity index (χ1n) is 12.2. The van der Waals surface area contributed by atoms with E-state index in [1.807, 2.05) is 4.90 Å². The third-order valence-electron chi connectivity index (χ3n) is 5.76. The van der Waals surface area contributed by atoms with E-state index in [-0.39, 0.29) is 11.9 Å². The normalized spacial score (nSPS) is 13.3. The Kier molecular flexibility index (Phi) is 19.0. The van der Waals surface area contributed by atoms with Gasteiger partial charge < -0.3 is 20.1 Å². The number of carbonyl (C=O) groups is 2. The average Bonchev–Trinajstić information content (AvgIpc) is 2.75. The number of hydrogen-bond donors (Lipinski definition) is 1. The summed E-state index contributed by atoms with van der Waals surface area (Å²) >= 11 is 0. The molecule has 0 aliphatic heterocycles. The molecule has 0 fully saturated rings. The van der Waals surface area contributed by atoms with E-state index in [2.05, 4.69) is 27.7 Å². The van der Waals surface area contributed by atoms with E-state index >= 15 is 0 Å². The van der Waals surface area contributed by atoms with Gasteiger partial charge in [0.05, 0.1) is 26.1 Å². The average molecular weight is 429 g/mol. The molecule has 0 rings (SSSR count). The lowest BCUT2D eigenvalue weighted by Crippen LogP contribution is -2.34. The van der Waals surface area contributed by atoms with Gasteiger partial charge in [0.2, 0.25) is 0 Å². The van der Waals surface area contributed by atoms with Gasteiger partial charge in [-0.15, -0.1) is 0 Å². The van der Waals surface area contributed by atoms with Crippen molar-refractivity contribution in [2.45, 2.75) is 91.9 Å². The molecule has 0 aromatic carbocycles. The largest absolute Gasteiger partial charge is 0.465 e. The summed E-state index contributed by atoms with van der Waals surface area (Å²) in [4.78, 5) is 26.3. The molecule has 0 spiro atoms. The summed E-state index contributed by atoms with van der Waals surface area (Å²) < 4.78 is 10.9. The Labute approximate surface area is 185 Å². The molecule has 178 valence electrons. The quantitative estimate of drug-likeness (QED) is 0.287. The first kappa shape index (κ1) is 28.9. The second kappa shape index (κ2) is 19.8. The number of carbonyl (C=O) groups excluding carboxylic acids is 2.